The van der Waals surface area contributed by atoms with Crippen molar-refractivity contribution in [2.24, 2.45) is 0 Å². The zero-order chi connectivity index (χ0) is 21.9. The smallest absolute Gasteiger partial charge is 0.248 e. The summed E-state index contributed by atoms with van der Waals surface area (Å²) in [7, 11) is 1.55. The lowest BCUT2D eigenvalue weighted by atomic mass is 10.2. The third kappa shape index (κ3) is 7.01. The molecule has 30 heavy (non-hydrogen) atoms. The van der Waals surface area contributed by atoms with Crippen LogP contribution >= 0.6 is 23.4 Å². The normalized spacial score (nSPS) is 11.7. The number of para-hydroxylation sites is 1. The van der Waals surface area contributed by atoms with E-state index in [9.17, 15) is 4.79 Å². The van der Waals surface area contributed by atoms with Crippen LogP contribution in [-0.4, -0.2) is 24.9 Å². The molecule has 2 aromatic rings. The predicted molar refractivity (Wildman–Crippen MR) is 123 cm³/mol. The molecule has 0 radical (unpaired) electrons. The Morgan fingerprint density at radius 1 is 1.37 bits per heavy atom. The molecule has 0 aliphatic rings. The Morgan fingerprint density at radius 2 is 2.13 bits per heavy atom. The molecule has 1 unspecified atom stereocenters. The topological polar surface area (TPSA) is 71.3 Å². The number of hydrogen-bond acceptors (Lipinski definition) is 5. The highest BCUT2D eigenvalue weighted by Gasteiger charge is 2.12. The Morgan fingerprint density at radius 3 is 2.83 bits per heavy atom. The van der Waals surface area contributed by atoms with Gasteiger partial charge in [0.05, 0.1) is 30.5 Å². The van der Waals surface area contributed by atoms with Crippen LogP contribution in [0.15, 0.2) is 47.4 Å². The lowest BCUT2D eigenvalue weighted by molar-refractivity contribution is -0.111. The second-order valence-corrected chi connectivity index (χ2v) is 8.38. The fraction of sp³-hybridized carbons (Fsp3) is 0.304. The molecule has 158 valence electrons. The molecule has 2 aromatic carbocycles. The maximum absolute atomic E-state index is 12.4. The highest BCUT2D eigenvalue weighted by molar-refractivity contribution is 8.00. The molecule has 1 N–H and O–H groups in total. The van der Waals surface area contributed by atoms with E-state index >= 15 is 0 Å². The van der Waals surface area contributed by atoms with Gasteiger partial charge in [-0.3, -0.25) is 4.79 Å². The molecule has 5 nitrogen and oxygen atoms in total. The van der Waals surface area contributed by atoms with Gasteiger partial charge in [-0.2, -0.15) is 5.26 Å². The zero-order valence-corrected chi connectivity index (χ0v) is 18.8. The molecule has 0 saturated carbocycles. The second-order valence-electron chi connectivity index (χ2n) is 6.49. The largest absolute Gasteiger partial charge is 0.493 e. The molecule has 0 aromatic heterocycles. The van der Waals surface area contributed by atoms with Crippen LogP contribution in [0.25, 0.3) is 6.08 Å². The number of methoxy groups -OCH3 is 1. The van der Waals surface area contributed by atoms with Crippen LogP contribution in [-0.2, 0) is 4.79 Å². The fourth-order valence-corrected chi connectivity index (χ4v) is 3.85. The van der Waals surface area contributed by atoms with Crippen molar-refractivity contribution in [1.82, 2.24) is 0 Å². The third-order valence-electron chi connectivity index (χ3n) is 3.98. The first-order chi connectivity index (χ1) is 14.5. The molecule has 0 saturated heterocycles. The van der Waals surface area contributed by atoms with Crippen molar-refractivity contribution in [2.75, 3.05) is 19.0 Å². The minimum atomic E-state index is -0.266. The van der Waals surface area contributed by atoms with Gasteiger partial charge in [0.15, 0.2) is 11.5 Å². The summed E-state index contributed by atoms with van der Waals surface area (Å²) in [5.41, 5.74) is 1.43. The lowest BCUT2D eigenvalue weighted by Gasteiger charge is -2.13. The Balaban J connectivity index is 2.12. The number of nitrogens with one attached hydrogen (secondary N) is 1. The number of hydrogen-bond donors (Lipinski definition) is 1. The molecule has 0 bridgehead atoms. The molecule has 1 atom stereocenters. The minimum Gasteiger partial charge on any atom is -0.493 e. The van der Waals surface area contributed by atoms with Gasteiger partial charge in [0.1, 0.15) is 0 Å². The zero-order valence-electron chi connectivity index (χ0n) is 17.3. The maximum atomic E-state index is 12.4. The summed E-state index contributed by atoms with van der Waals surface area (Å²) in [6.07, 6.45) is 4.41. The van der Waals surface area contributed by atoms with E-state index in [0.29, 0.717) is 35.2 Å². The summed E-state index contributed by atoms with van der Waals surface area (Å²) < 4.78 is 11.0. The van der Waals surface area contributed by atoms with Gasteiger partial charge in [-0.1, -0.05) is 37.6 Å². The summed E-state index contributed by atoms with van der Waals surface area (Å²) >= 11 is 7.88. The number of amides is 1. The average molecular weight is 445 g/mol. The number of benzene rings is 2. The minimum absolute atomic E-state index is 0.131. The number of rotatable bonds is 10. The molecule has 2 rings (SSSR count). The number of carbonyl (C=O) groups excluding carboxylic acids is 1. The van der Waals surface area contributed by atoms with Gasteiger partial charge >= 0.3 is 0 Å². The van der Waals surface area contributed by atoms with Gasteiger partial charge in [0.2, 0.25) is 5.91 Å². The summed E-state index contributed by atoms with van der Waals surface area (Å²) in [5.74, 6) is 0.752. The van der Waals surface area contributed by atoms with Gasteiger partial charge in [-0.15, -0.1) is 11.8 Å². The molecule has 1 amide bonds. The Hall–Kier alpha value is -2.62. The highest BCUT2D eigenvalue weighted by Crippen LogP contribution is 2.37. The monoisotopic (exact) mass is 444 g/mol. The van der Waals surface area contributed by atoms with Gasteiger partial charge in [-0.25, -0.2) is 0 Å². The van der Waals surface area contributed by atoms with Crippen LogP contribution in [0, 0.1) is 11.3 Å². The van der Waals surface area contributed by atoms with Crippen molar-refractivity contribution < 1.29 is 14.3 Å². The van der Waals surface area contributed by atoms with Crippen molar-refractivity contribution in [1.29, 1.82) is 5.26 Å². The van der Waals surface area contributed by atoms with Crippen molar-refractivity contribution >= 4 is 41.0 Å². The van der Waals surface area contributed by atoms with E-state index in [4.69, 9.17) is 26.3 Å². The van der Waals surface area contributed by atoms with Crippen molar-refractivity contribution in [3.8, 4) is 17.6 Å². The number of halogens is 1. The molecule has 0 spiro atoms. The van der Waals surface area contributed by atoms with Crippen LogP contribution in [0.1, 0.15) is 32.3 Å². The van der Waals surface area contributed by atoms with Crippen molar-refractivity contribution in [3.63, 3.8) is 0 Å². The second kappa shape index (κ2) is 12.2. The van der Waals surface area contributed by atoms with Crippen LogP contribution in [0.4, 0.5) is 5.69 Å². The molecule has 7 heteroatoms. The number of ether oxygens (including phenoxy) is 2. The molecular formula is C23H25ClN2O3S. The van der Waals surface area contributed by atoms with Gasteiger partial charge in [0, 0.05) is 22.6 Å². The highest BCUT2D eigenvalue weighted by atomic mass is 35.5. The lowest BCUT2D eigenvalue weighted by Crippen LogP contribution is -2.09. The van der Waals surface area contributed by atoms with E-state index in [2.05, 4.69) is 11.4 Å². The van der Waals surface area contributed by atoms with Crippen LogP contribution in [0.5, 0.6) is 11.5 Å². The Labute approximate surface area is 187 Å². The van der Waals surface area contributed by atoms with Crippen molar-refractivity contribution in [3.05, 3.63) is 53.1 Å². The molecule has 0 heterocycles. The number of anilines is 1. The first-order valence-corrected chi connectivity index (χ1v) is 10.9. The number of carbonyl (C=O) groups is 1. The van der Waals surface area contributed by atoms with Crippen molar-refractivity contribution in [2.45, 2.75) is 36.8 Å². The van der Waals surface area contributed by atoms with E-state index in [0.717, 1.165) is 16.9 Å². The molecule has 0 aliphatic carbocycles. The summed E-state index contributed by atoms with van der Waals surface area (Å²) in [5, 5.41) is 12.3. The average Bonchev–Trinajstić information content (AvgIpc) is 2.72. The van der Waals surface area contributed by atoms with Gasteiger partial charge in [0.25, 0.3) is 0 Å². The molecular weight excluding hydrogens is 420 g/mol. The summed E-state index contributed by atoms with van der Waals surface area (Å²) in [6.45, 7) is 4.53. The predicted octanol–water partition coefficient (Wildman–Crippen LogP) is 6.18. The first kappa shape index (κ1) is 23.7. The van der Waals surface area contributed by atoms with E-state index in [-0.39, 0.29) is 11.2 Å². The Kier molecular flexibility index (Phi) is 9.59. The van der Waals surface area contributed by atoms with E-state index in [1.807, 2.05) is 38.1 Å². The van der Waals surface area contributed by atoms with E-state index < -0.39 is 0 Å². The number of nitrogens with zero attached hydrogens (tertiary/aromatic N) is 1. The first-order valence-electron chi connectivity index (χ1n) is 9.60. The molecule has 0 fully saturated rings. The maximum Gasteiger partial charge on any atom is 0.248 e. The summed E-state index contributed by atoms with van der Waals surface area (Å²) in [6, 6.07) is 13.2. The van der Waals surface area contributed by atoms with E-state index in [1.54, 1.807) is 37.1 Å². The quantitative estimate of drug-likeness (QED) is 0.349. The van der Waals surface area contributed by atoms with Gasteiger partial charge in [-0.05, 0) is 42.3 Å². The Bertz CT molecular complexity index is 941. The van der Waals surface area contributed by atoms with Crippen LogP contribution in [0.2, 0.25) is 5.02 Å². The standard InChI is InChI=1S/C23H25ClN2O3S/c1-4-13-29-23-18(24)14-17(15-20(23)28-3)9-10-22(27)26-19-7-5-6-8-21(19)30-16(2)11-12-25/h5-10,14-16H,4,11,13H2,1-3H3,(H,26,27)/b10-9+. The van der Waals surface area contributed by atoms with Crippen LogP contribution < -0.4 is 14.8 Å². The van der Waals surface area contributed by atoms with Crippen LogP contribution in [0.3, 0.4) is 0 Å². The third-order valence-corrected chi connectivity index (χ3v) is 5.44. The molecule has 0 aliphatic heterocycles. The van der Waals surface area contributed by atoms with Gasteiger partial charge < -0.3 is 14.8 Å². The summed E-state index contributed by atoms with van der Waals surface area (Å²) in [4.78, 5) is 13.4. The van der Waals surface area contributed by atoms with E-state index in [1.165, 1.54) is 6.08 Å². The SMILES string of the molecule is CCCOc1c(Cl)cc(/C=C/C(=O)Nc2ccccc2SC(C)CC#N)cc1OC. The number of thioether (sulfide) groups is 1. The fourth-order valence-electron chi connectivity index (χ4n) is 2.59. The number of nitriles is 1.